The van der Waals surface area contributed by atoms with Gasteiger partial charge in [0.15, 0.2) is 11.3 Å². The Balaban J connectivity index is 1.79. The molecule has 0 radical (unpaired) electrons. The molecule has 0 bridgehead atoms. The number of carbonyl (C=O) groups excluding carboxylic acids is 2. The molecule has 30 heavy (non-hydrogen) atoms. The molecule has 0 N–H and O–H groups in total. The first kappa shape index (κ1) is 19.1. The van der Waals surface area contributed by atoms with E-state index in [0.29, 0.717) is 16.5 Å². The second kappa shape index (κ2) is 6.96. The summed E-state index contributed by atoms with van der Waals surface area (Å²) in [6.07, 6.45) is 1.36. The fourth-order valence-electron chi connectivity index (χ4n) is 3.21. The maximum Gasteiger partial charge on any atom is 0.336 e. The van der Waals surface area contributed by atoms with E-state index in [4.69, 9.17) is 13.9 Å². The van der Waals surface area contributed by atoms with Crippen LogP contribution in [0.15, 0.2) is 51.4 Å². The summed E-state index contributed by atoms with van der Waals surface area (Å²) in [6, 6.07) is 8.43. The highest BCUT2D eigenvalue weighted by Crippen LogP contribution is 2.38. The molecule has 3 aromatic rings. The Hall–Kier alpha value is -4.27. The molecule has 0 fully saturated rings. The fraction of sp³-hybridized carbons (Fsp3) is 0.0952. The lowest BCUT2D eigenvalue weighted by Crippen LogP contribution is -2.05. The van der Waals surface area contributed by atoms with Crippen LogP contribution < -0.4 is 15.1 Å². The minimum absolute atomic E-state index is 0.0655. The van der Waals surface area contributed by atoms with Gasteiger partial charge < -0.3 is 13.9 Å². The number of nitrogens with zero attached hydrogens (tertiary/aromatic N) is 1. The molecule has 9 nitrogen and oxygen atoms in total. The van der Waals surface area contributed by atoms with Gasteiger partial charge in [0.05, 0.1) is 4.92 Å². The Morgan fingerprint density at radius 1 is 1.17 bits per heavy atom. The van der Waals surface area contributed by atoms with Crippen LogP contribution in [0.1, 0.15) is 28.4 Å². The minimum Gasteiger partial charge on any atom is -0.452 e. The zero-order chi connectivity index (χ0) is 21.6. The molecule has 4 rings (SSSR count). The number of allylic oxidation sites excluding steroid dienone is 1. The van der Waals surface area contributed by atoms with Crippen molar-refractivity contribution in [2.75, 3.05) is 0 Å². The Kier molecular flexibility index (Phi) is 4.42. The van der Waals surface area contributed by atoms with E-state index in [-0.39, 0.29) is 28.4 Å². The highest BCUT2D eigenvalue weighted by atomic mass is 16.6. The number of nitro benzene ring substituents is 1. The number of hydrogen-bond acceptors (Lipinski definition) is 8. The number of rotatable bonds is 3. The number of esters is 1. The van der Waals surface area contributed by atoms with Crippen molar-refractivity contribution >= 4 is 34.5 Å². The van der Waals surface area contributed by atoms with Gasteiger partial charge in [-0.15, -0.1) is 0 Å². The first-order valence-electron chi connectivity index (χ1n) is 8.73. The number of ketones is 1. The lowest BCUT2D eigenvalue weighted by molar-refractivity contribution is -0.385. The summed E-state index contributed by atoms with van der Waals surface area (Å²) < 4.78 is 15.8. The lowest BCUT2D eigenvalue weighted by atomic mass is 10.0. The first-order valence-corrected chi connectivity index (χ1v) is 8.73. The van der Waals surface area contributed by atoms with E-state index in [0.717, 1.165) is 13.0 Å². The molecule has 1 aliphatic rings. The van der Waals surface area contributed by atoms with Crippen molar-refractivity contribution in [3.63, 3.8) is 0 Å². The smallest absolute Gasteiger partial charge is 0.336 e. The average Bonchev–Trinajstić information content (AvgIpc) is 2.97. The zero-order valence-corrected chi connectivity index (χ0v) is 15.8. The van der Waals surface area contributed by atoms with Crippen LogP contribution in [0.3, 0.4) is 0 Å². The van der Waals surface area contributed by atoms with Gasteiger partial charge >= 0.3 is 17.3 Å². The van der Waals surface area contributed by atoms with Crippen molar-refractivity contribution in [2.24, 2.45) is 0 Å². The molecule has 0 unspecified atom stereocenters. The predicted octanol–water partition coefficient (Wildman–Crippen LogP) is 3.55. The van der Waals surface area contributed by atoms with Crippen LogP contribution >= 0.6 is 0 Å². The van der Waals surface area contributed by atoms with Gasteiger partial charge in [0.1, 0.15) is 11.3 Å². The standard InChI is InChI=1S/C21H13NO8/c1-10-7-18(24)30-21-13(10)4-6-15-19(21)20(25)17(29-15)9-12-3-5-14(22(26)27)16(8-12)28-11(2)23/h3-9H,1-2H3/b17-9-. The topological polar surface area (TPSA) is 126 Å². The van der Waals surface area contributed by atoms with Crippen LogP contribution in [0.2, 0.25) is 0 Å². The third-order valence-corrected chi connectivity index (χ3v) is 4.48. The number of fused-ring (bicyclic) bond motifs is 3. The number of benzene rings is 2. The van der Waals surface area contributed by atoms with Gasteiger partial charge in [0.2, 0.25) is 11.5 Å². The Morgan fingerprint density at radius 3 is 2.63 bits per heavy atom. The van der Waals surface area contributed by atoms with Crippen LogP contribution in [0.4, 0.5) is 5.69 Å². The molecule has 1 aliphatic heterocycles. The lowest BCUT2D eigenvalue weighted by Gasteiger charge is -2.04. The fourth-order valence-corrected chi connectivity index (χ4v) is 3.21. The van der Waals surface area contributed by atoms with Crippen molar-refractivity contribution in [1.82, 2.24) is 0 Å². The van der Waals surface area contributed by atoms with E-state index < -0.39 is 28.0 Å². The van der Waals surface area contributed by atoms with Crippen LogP contribution in [0.25, 0.3) is 17.0 Å². The Morgan fingerprint density at radius 2 is 1.93 bits per heavy atom. The maximum absolute atomic E-state index is 12.9. The molecule has 1 aromatic heterocycles. The van der Waals surface area contributed by atoms with Crippen molar-refractivity contribution in [3.05, 3.63) is 79.4 Å². The summed E-state index contributed by atoms with van der Waals surface area (Å²) in [5.74, 6) is -1.31. The summed E-state index contributed by atoms with van der Waals surface area (Å²) in [7, 11) is 0. The molecular weight excluding hydrogens is 394 g/mol. The second-order valence-corrected chi connectivity index (χ2v) is 6.58. The molecule has 0 spiro atoms. The highest BCUT2D eigenvalue weighted by molar-refractivity contribution is 6.20. The molecule has 2 heterocycles. The van der Waals surface area contributed by atoms with Crippen LogP contribution in [0, 0.1) is 17.0 Å². The molecule has 9 heteroatoms. The van der Waals surface area contributed by atoms with Gasteiger partial charge in [-0.2, -0.15) is 0 Å². The van der Waals surface area contributed by atoms with Gasteiger partial charge in [-0.25, -0.2) is 4.79 Å². The van der Waals surface area contributed by atoms with Crippen molar-refractivity contribution in [3.8, 4) is 11.5 Å². The number of nitro groups is 1. The van der Waals surface area contributed by atoms with Crippen molar-refractivity contribution < 1.29 is 28.4 Å². The number of ether oxygens (including phenoxy) is 2. The van der Waals surface area contributed by atoms with E-state index in [2.05, 4.69) is 0 Å². The van der Waals surface area contributed by atoms with E-state index in [1.54, 1.807) is 19.1 Å². The van der Waals surface area contributed by atoms with Gasteiger partial charge in [0.25, 0.3) is 0 Å². The van der Waals surface area contributed by atoms with Gasteiger partial charge in [0, 0.05) is 24.4 Å². The normalized spacial score (nSPS) is 13.9. The number of aryl methyl sites for hydroxylation is 1. The van der Waals surface area contributed by atoms with E-state index in [9.17, 15) is 24.5 Å². The Bertz CT molecular complexity index is 1350. The maximum atomic E-state index is 12.9. The zero-order valence-electron chi connectivity index (χ0n) is 15.8. The monoisotopic (exact) mass is 407 g/mol. The summed E-state index contributed by atoms with van der Waals surface area (Å²) in [5, 5.41) is 11.7. The van der Waals surface area contributed by atoms with Crippen LogP contribution in [-0.2, 0) is 4.79 Å². The molecule has 0 aliphatic carbocycles. The van der Waals surface area contributed by atoms with Gasteiger partial charge in [-0.3, -0.25) is 19.7 Å². The molecular formula is C21H13NO8. The first-order chi connectivity index (χ1) is 14.2. The minimum atomic E-state index is -0.722. The molecule has 0 amide bonds. The molecule has 0 atom stereocenters. The third-order valence-electron chi connectivity index (χ3n) is 4.48. The van der Waals surface area contributed by atoms with E-state index in [1.165, 1.54) is 24.3 Å². The van der Waals surface area contributed by atoms with Gasteiger partial charge in [-0.1, -0.05) is 0 Å². The second-order valence-electron chi connectivity index (χ2n) is 6.58. The number of hydrogen-bond donors (Lipinski definition) is 0. The summed E-state index contributed by atoms with van der Waals surface area (Å²) in [4.78, 5) is 46.4. The average molecular weight is 407 g/mol. The summed E-state index contributed by atoms with van der Waals surface area (Å²) >= 11 is 0. The largest absolute Gasteiger partial charge is 0.452 e. The Labute approximate surface area is 168 Å². The third kappa shape index (κ3) is 3.22. The molecule has 150 valence electrons. The van der Waals surface area contributed by atoms with E-state index >= 15 is 0 Å². The highest BCUT2D eigenvalue weighted by Gasteiger charge is 2.31. The quantitative estimate of drug-likeness (QED) is 0.161. The van der Waals surface area contributed by atoms with Crippen molar-refractivity contribution in [2.45, 2.75) is 13.8 Å². The van der Waals surface area contributed by atoms with Crippen molar-refractivity contribution in [1.29, 1.82) is 0 Å². The summed E-state index contributed by atoms with van der Waals surface area (Å²) in [5.41, 5.74) is 0.292. The molecule has 0 saturated carbocycles. The van der Waals surface area contributed by atoms with Gasteiger partial charge in [-0.05, 0) is 48.4 Å². The molecule has 0 saturated heterocycles. The van der Waals surface area contributed by atoms with Crippen LogP contribution in [0.5, 0.6) is 11.5 Å². The number of Topliss-reactive ketones (excluding diaryl/α,β-unsaturated/α-hetero) is 1. The van der Waals surface area contributed by atoms with E-state index in [1.807, 2.05) is 0 Å². The molecule has 2 aromatic carbocycles. The van der Waals surface area contributed by atoms with Crippen LogP contribution in [-0.4, -0.2) is 16.7 Å². The number of carbonyl (C=O) groups is 2. The summed E-state index contributed by atoms with van der Waals surface area (Å²) in [6.45, 7) is 2.85. The predicted molar refractivity (Wildman–Crippen MR) is 105 cm³/mol. The SMILES string of the molecule is CC(=O)Oc1cc(/C=C2\Oc3ccc4c(C)cc(=O)oc4c3C2=O)ccc1[N+](=O)[O-].